The van der Waals surface area contributed by atoms with E-state index < -0.39 is 21.4 Å². The van der Waals surface area contributed by atoms with Crippen molar-refractivity contribution in [3.8, 4) is 5.75 Å². The second kappa shape index (κ2) is 9.26. The summed E-state index contributed by atoms with van der Waals surface area (Å²) in [6, 6.07) is 11.8. The van der Waals surface area contributed by atoms with Gasteiger partial charge in [0.25, 0.3) is 5.91 Å². The lowest BCUT2D eigenvalue weighted by Gasteiger charge is -2.41. The summed E-state index contributed by atoms with van der Waals surface area (Å²) in [7, 11) is -3.32. The average molecular weight is 510 g/mol. The largest absolute Gasteiger partial charge is 0.476 e. The number of carbonyl (C=O) groups is 1. The summed E-state index contributed by atoms with van der Waals surface area (Å²) in [5.74, 6) is -0.461. The number of sulfonamides is 1. The van der Waals surface area contributed by atoms with E-state index in [1.807, 2.05) is 12.1 Å². The number of halogens is 2. The Morgan fingerprint density at radius 2 is 1.74 bits per heavy atom. The van der Waals surface area contributed by atoms with Gasteiger partial charge in [0.1, 0.15) is 11.6 Å². The van der Waals surface area contributed by atoms with Crippen LogP contribution < -0.4 is 19.7 Å². The number of hydrogen-bond donors (Lipinski definition) is 2. The van der Waals surface area contributed by atoms with Crippen LogP contribution in [0.1, 0.15) is 39.5 Å². The van der Waals surface area contributed by atoms with Gasteiger partial charge in [0.2, 0.25) is 10.0 Å². The summed E-state index contributed by atoms with van der Waals surface area (Å²) >= 11 is 6.06. The van der Waals surface area contributed by atoms with Crippen molar-refractivity contribution in [2.45, 2.75) is 63.3 Å². The highest BCUT2D eigenvalue weighted by Crippen LogP contribution is 2.40. The maximum absolute atomic E-state index is 13.3. The normalized spacial score (nSPS) is 22.4. The van der Waals surface area contributed by atoms with Gasteiger partial charge in [-0.15, -0.1) is 0 Å². The zero-order valence-electron chi connectivity index (χ0n) is 19.3. The Kier molecular flexibility index (Phi) is 6.70. The molecule has 2 saturated heterocycles. The third-order valence-corrected chi connectivity index (χ3v) is 7.24. The van der Waals surface area contributed by atoms with Gasteiger partial charge in [-0.05, 0) is 82.0 Å². The zero-order chi connectivity index (χ0) is 24.7. The van der Waals surface area contributed by atoms with E-state index in [0.717, 1.165) is 43.7 Å². The second-order valence-electron chi connectivity index (χ2n) is 9.54. The number of benzene rings is 2. The first-order chi connectivity index (χ1) is 15.9. The smallest absolute Gasteiger partial charge is 0.263 e. The molecule has 2 bridgehead atoms. The fourth-order valence-corrected chi connectivity index (χ4v) is 5.64. The molecule has 0 spiro atoms. The van der Waals surface area contributed by atoms with Crippen LogP contribution in [0, 0.1) is 5.82 Å². The first-order valence-electron chi connectivity index (χ1n) is 11.2. The van der Waals surface area contributed by atoms with Crippen LogP contribution in [0.4, 0.5) is 15.8 Å². The van der Waals surface area contributed by atoms with E-state index in [2.05, 4.69) is 14.9 Å². The molecule has 2 fully saturated rings. The summed E-state index contributed by atoms with van der Waals surface area (Å²) in [4.78, 5) is 15.4. The minimum absolute atomic E-state index is 0.0130. The minimum Gasteiger partial charge on any atom is -0.476 e. The number of amides is 1. The standard InChI is InChI=1S/C24H29ClFN3O4S/c1-24(2,33-22-11-4-15(26)12-21(22)25)23(30)27-17-13-19-9-10-20(14-17)29(19)18-7-5-16(6-8-18)28-34(3,31)32/h4-8,11-12,17,19-20,28H,9-10,13-14H2,1-3H3,(H,27,30)/t17-,19+,20-. The van der Waals surface area contributed by atoms with Gasteiger partial charge in [0.15, 0.2) is 5.60 Å². The highest BCUT2D eigenvalue weighted by atomic mass is 35.5. The number of nitrogens with zero attached hydrogens (tertiary/aromatic N) is 1. The Morgan fingerprint density at radius 1 is 1.12 bits per heavy atom. The molecule has 0 aliphatic carbocycles. The second-order valence-corrected chi connectivity index (χ2v) is 11.7. The number of nitrogens with one attached hydrogen (secondary N) is 2. The van der Waals surface area contributed by atoms with Crippen LogP contribution in [0.15, 0.2) is 42.5 Å². The van der Waals surface area contributed by atoms with Crippen molar-refractivity contribution in [3.05, 3.63) is 53.3 Å². The molecule has 0 aromatic heterocycles. The topological polar surface area (TPSA) is 87.7 Å². The molecule has 4 rings (SSSR count). The van der Waals surface area contributed by atoms with Gasteiger partial charge >= 0.3 is 0 Å². The van der Waals surface area contributed by atoms with Gasteiger partial charge in [-0.1, -0.05) is 11.6 Å². The predicted molar refractivity (Wildman–Crippen MR) is 131 cm³/mol. The molecule has 184 valence electrons. The van der Waals surface area contributed by atoms with E-state index in [4.69, 9.17) is 16.3 Å². The van der Waals surface area contributed by atoms with Crippen molar-refractivity contribution in [3.63, 3.8) is 0 Å². The van der Waals surface area contributed by atoms with Gasteiger partial charge < -0.3 is 15.0 Å². The highest BCUT2D eigenvalue weighted by Gasteiger charge is 2.42. The van der Waals surface area contributed by atoms with Crippen molar-refractivity contribution < 1.29 is 22.3 Å². The Balaban J connectivity index is 1.39. The third kappa shape index (κ3) is 5.58. The van der Waals surface area contributed by atoms with Crippen molar-refractivity contribution in [1.29, 1.82) is 0 Å². The SMILES string of the molecule is CC(C)(Oc1ccc(F)cc1Cl)C(=O)N[C@H]1C[C@H]2CC[C@@H](C1)N2c1ccc(NS(C)(=O)=O)cc1. The molecule has 0 radical (unpaired) electrons. The first-order valence-corrected chi connectivity index (χ1v) is 13.5. The summed E-state index contributed by atoms with van der Waals surface area (Å²) in [6.45, 7) is 3.33. The fourth-order valence-electron chi connectivity index (χ4n) is 4.87. The Hall–Kier alpha value is -2.52. The molecule has 7 nitrogen and oxygen atoms in total. The Labute approximate surface area is 204 Å². The molecular weight excluding hydrogens is 481 g/mol. The van der Waals surface area contributed by atoms with Crippen molar-refractivity contribution >= 4 is 38.9 Å². The summed E-state index contributed by atoms with van der Waals surface area (Å²) in [5, 5.41) is 3.25. The number of piperidine rings is 1. The number of fused-ring (bicyclic) bond motifs is 2. The molecule has 10 heteroatoms. The monoisotopic (exact) mass is 509 g/mol. The maximum Gasteiger partial charge on any atom is 0.263 e. The molecule has 34 heavy (non-hydrogen) atoms. The van der Waals surface area contributed by atoms with Crippen LogP contribution in [-0.4, -0.2) is 44.3 Å². The van der Waals surface area contributed by atoms with Crippen LogP contribution in [0.2, 0.25) is 5.02 Å². The van der Waals surface area contributed by atoms with Gasteiger partial charge in [0.05, 0.1) is 11.3 Å². The lowest BCUT2D eigenvalue weighted by atomic mass is 9.95. The van der Waals surface area contributed by atoms with E-state index >= 15 is 0 Å². The number of anilines is 2. The van der Waals surface area contributed by atoms with Gasteiger partial charge in [0, 0.05) is 29.5 Å². The van der Waals surface area contributed by atoms with E-state index in [-0.39, 0.29) is 34.8 Å². The molecule has 2 aliphatic heterocycles. The summed E-state index contributed by atoms with van der Waals surface area (Å²) in [5.41, 5.74) is 0.398. The molecule has 2 aliphatic rings. The quantitative estimate of drug-likeness (QED) is 0.580. The van der Waals surface area contributed by atoms with Crippen LogP contribution in [0.3, 0.4) is 0 Å². The van der Waals surface area contributed by atoms with Gasteiger partial charge in [-0.2, -0.15) is 0 Å². The van der Waals surface area contributed by atoms with Crippen LogP contribution >= 0.6 is 11.6 Å². The first kappa shape index (κ1) is 24.6. The fraction of sp³-hybridized carbons (Fsp3) is 0.458. The molecule has 0 unspecified atom stereocenters. The molecule has 2 heterocycles. The lowest BCUT2D eigenvalue weighted by molar-refractivity contribution is -0.135. The van der Waals surface area contributed by atoms with E-state index in [1.165, 1.54) is 12.1 Å². The average Bonchev–Trinajstić information content (AvgIpc) is 3.00. The van der Waals surface area contributed by atoms with Crippen molar-refractivity contribution in [2.24, 2.45) is 0 Å². The minimum atomic E-state index is -3.32. The molecule has 3 atom stereocenters. The van der Waals surface area contributed by atoms with Gasteiger partial charge in [-0.25, -0.2) is 12.8 Å². The highest BCUT2D eigenvalue weighted by molar-refractivity contribution is 7.92. The van der Waals surface area contributed by atoms with Crippen molar-refractivity contribution in [1.82, 2.24) is 5.32 Å². The van der Waals surface area contributed by atoms with Crippen molar-refractivity contribution in [2.75, 3.05) is 15.9 Å². The van der Waals surface area contributed by atoms with E-state index in [0.29, 0.717) is 5.69 Å². The Morgan fingerprint density at radius 3 is 2.29 bits per heavy atom. The number of hydrogen-bond acceptors (Lipinski definition) is 5. The lowest BCUT2D eigenvalue weighted by Crippen LogP contribution is -2.55. The molecule has 2 N–H and O–H groups in total. The van der Waals surface area contributed by atoms with Gasteiger partial charge in [-0.3, -0.25) is 9.52 Å². The summed E-state index contributed by atoms with van der Waals surface area (Å²) in [6.07, 6.45) is 4.80. The van der Waals surface area contributed by atoms with Crippen LogP contribution in [-0.2, 0) is 14.8 Å². The van der Waals surface area contributed by atoms with Crippen LogP contribution in [0.25, 0.3) is 0 Å². The number of rotatable bonds is 7. The molecular formula is C24H29ClFN3O4S. The molecule has 1 amide bonds. The number of ether oxygens (including phenoxy) is 1. The molecule has 2 aromatic carbocycles. The number of carbonyl (C=O) groups excluding carboxylic acids is 1. The Bertz CT molecular complexity index is 1160. The zero-order valence-corrected chi connectivity index (χ0v) is 20.9. The van der Waals surface area contributed by atoms with Crippen LogP contribution in [0.5, 0.6) is 5.75 Å². The maximum atomic E-state index is 13.3. The van der Waals surface area contributed by atoms with E-state index in [1.54, 1.807) is 26.0 Å². The predicted octanol–water partition coefficient (Wildman–Crippen LogP) is 4.32. The third-order valence-electron chi connectivity index (χ3n) is 6.34. The molecule has 2 aromatic rings. The summed E-state index contributed by atoms with van der Waals surface area (Å²) < 4.78 is 44.5. The van der Waals surface area contributed by atoms with E-state index in [9.17, 15) is 17.6 Å². The molecule has 0 saturated carbocycles.